The van der Waals surface area contributed by atoms with Gasteiger partial charge in [0, 0.05) is 34.8 Å². The van der Waals surface area contributed by atoms with Crippen LogP contribution in [-0.4, -0.2) is 57.5 Å². The average Bonchev–Trinajstić information content (AvgIpc) is 3.51. The first kappa shape index (κ1) is 26.0. The van der Waals surface area contributed by atoms with Crippen molar-refractivity contribution in [2.75, 3.05) is 13.1 Å². The fraction of sp³-hybridized carbons (Fsp3) is 0.385. The Morgan fingerprint density at radius 3 is 2.57 bits per heavy atom. The first-order valence-corrected chi connectivity index (χ1v) is 13.3. The molecule has 0 spiro atoms. The van der Waals surface area contributed by atoms with E-state index < -0.39 is 24.0 Å². The van der Waals surface area contributed by atoms with Gasteiger partial charge in [0.05, 0.1) is 6.04 Å². The second-order valence-corrected chi connectivity index (χ2v) is 11.1. The summed E-state index contributed by atoms with van der Waals surface area (Å²) in [6, 6.07) is 14.7. The zero-order valence-corrected chi connectivity index (χ0v) is 21.4. The lowest BCUT2D eigenvalue weighted by Crippen LogP contribution is -2.51. The van der Waals surface area contributed by atoms with Gasteiger partial charge >= 0.3 is 0 Å². The van der Waals surface area contributed by atoms with Gasteiger partial charge in [0.1, 0.15) is 0 Å². The van der Waals surface area contributed by atoms with E-state index in [0.29, 0.717) is 23.1 Å². The molecule has 0 bridgehead atoms. The number of carbonyl (C=O) groups is 2. The highest BCUT2D eigenvalue weighted by Gasteiger charge is 2.38. The van der Waals surface area contributed by atoms with Gasteiger partial charge in [0.25, 0.3) is 11.8 Å². The van der Waals surface area contributed by atoms with Crippen molar-refractivity contribution in [1.29, 1.82) is 0 Å². The molecule has 1 saturated heterocycles. The van der Waals surface area contributed by atoms with Crippen LogP contribution in [0.25, 0.3) is 0 Å². The Morgan fingerprint density at radius 1 is 1.09 bits per heavy atom. The average molecular weight is 535 g/mol. The zero-order chi connectivity index (χ0) is 24.9. The largest absolute Gasteiger partial charge is 0.380 e. The first-order valence-electron chi connectivity index (χ1n) is 11.6. The lowest BCUT2D eigenvalue weighted by molar-refractivity contribution is -0.153. The minimum Gasteiger partial charge on any atom is -0.380 e. The minimum atomic E-state index is -1.84. The molecule has 186 valence electrons. The summed E-state index contributed by atoms with van der Waals surface area (Å²) < 4.78 is 0. The van der Waals surface area contributed by atoms with Gasteiger partial charge in [0.15, 0.2) is 12.2 Å². The molecule has 2 aliphatic heterocycles. The van der Waals surface area contributed by atoms with Crippen molar-refractivity contribution >= 4 is 46.8 Å². The number of likely N-dealkylation sites (tertiary alicyclic amines) is 1. The Balaban J connectivity index is 1.26. The van der Waals surface area contributed by atoms with E-state index in [2.05, 4.69) is 11.4 Å². The van der Waals surface area contributed by atoms with E-state index in [0.717, 1.165) is 36.8 Å². The summed E-state index contributed by atoms with van der Waals surface area (Å²) >= 11 is 13.8. The van der Waals surface area contributed by atoms with E-state index in [4.69, 9.17) is 23.2 Å². The number of amides is 2. The number of rotatable bonds is 8. The molecular formula is C26H28Cl2N2O4S. The maximum absolute atomic E-state index is 12.9. The van der Waals surface area contributed by atoms with E-state index in [1.165, 1.54) is 9.81 Å². The molecule has 2 aromatic carbocycles. The number of nitrogens with zero attached hydrogens (tertiary/aromatic N) is 1. The molecule has 2 heterocycles. The number of hydrogen-bond donors (Lipinski definition) is 3. The molecule has 1 unspecified atom stereocenters. The predicted octanol–water partition coefficient (Wildman–Crippen LogP) is 4.13. The van der Waals surface area contributed by atoms with Crippen LogP contribution in [0.3, 0.4) is 0 Å². The summed E-state index contributed by atoms with van der Waals surface area (Å²) in [6.07, 6.45) is 1.52. The number of nitrogens with one attached hydrogen (secondary N) is 1. The molecule has 2 aromatic rings. The van der Waals surface area contributed by atoms with Crippen LogP contribution in [0.4, 0.5) is 0 Å². The molecular weight excluding hydrogens is 507 g/mol. The Morgan fingerprint density at radius 2 is 1.83 bits per heavy atom. The van der Waals surface area contributed by atoms with Crippen LogP contribution in [-0.2, 0) is 16.0 Å². The summed E-state index contributed by atoms with van der Waals surface area (Å²) in [5.74, 6) is -1.41. The van der Waals surface area contributed by atoms with E-state index in [9.17, 15) is 19.8 Å². The molecule has 0 saturated carbocycles. The van der Waals surface area contributed by atoms with Crippen LogP contribution < -0.4 is 5.32 Å². The maximum atomic E-state index is 12.9. The van der Waals surface area contributed by atoms with Crippen molar-refractivity contribution in [1.82, 2.24) is 10.2 Å². The molecule has 0 aromatic heterocycles. The highest BCUT2D eigenvalue weighted by molar-refractivity contribution is 8.03. The van der Waals surface area contributed by atoms with E-state index in [1.807, 2.05) is 36.4 Å². The third-order valence-corrected chi connectivity index (χ3v) is 8.06. The zero-order valence-electron chi connectivity index (χ0n) is 19.1. The van der Waals surface area contributed by atoms with Crippen molar-refractivity contribution in [3.8, 4) is 0 Å². The standard InChI is InChI=1S/C26H28Cl2N2O4S/c27-18-6-1-4-16(12-18)13-20-9-10-21(35-20)15-29-25(33)23(31)24(32)26(34)30-11-3-8-22(30)17-5-2-7-19(28)14-17/h1-2,4-7,9,12,14,21-24,31-32H,3,8,10-11,13,15H2,(H,29,33)/t21?,22-,23-,24-/m1/s1. The molecule has 4 atom stereocenters. The van der Waals surface area contributed by atoms with Crippen LogP contribution in [0, 0.1) is 0 Å². The Hall–Kier alpha value is -2.03. The van der Waals surface area contributed by atoms with Gasteiger partial charge in [-0.2, -0.15) is 0 Å². The molecule has 0 aliphatic carbocycles. The molecule has 35 heavy (non-hydrogen) atoms. The van der Waals surface area contributed by atoms with Gasteiger partial charge in [-0.1, -0.05) is 53.5 Å². The predicted molar refractivity (Wildman–Crippen MR) is 139 cm³/mol. The van der Waals surface area contributed by atoms with Gasteiger partial charge < -0.3 is 20.4 Å². The molecule has 2 amide bonds. The SMILES string of the molecule is O=C(NCC1CC=C(Cc2cccc(Cl)c2)S1)[C@H](O)[C@@H](O)C(=O)N1CCC[C@@H]1c1cccc(Cl)c1. The smallest absolute Gasteiger partial charge is 0.255 e. The highest BCUT2D eigenvalue weighted by Crippen LogP contribution is 2.35. The number of thioether (sulfide) groups is 1. The van der Waals surface area contributed by atoms with E-state index >= 15 is 0 Å². The fourth-order valence-electron chi connectivity index (χ4n) is 4.52. The van der Waals surface area contributed by atoms with Crippen LogP contribution >= 0.6 is 35.0 Å². The lowest BCUT2D eigenvalue weighted by Gasteiger charge is -2.28. The quantitative estimate of drug-likeness (QED) is 0.473. The number of aliphatic hydroxyl groups excluding tert-OH is 2. The number of halogens is 2. The molecule has 0 radical (unpaired) electrons. The van der Waals surface area contributed by atoms with Gasteiger partial charge in [-0.15, -0.1) is 11.8 Å². The molecule has 4 rings (SSSR count). The Bertz CT molecular complexity index is 1110. The third-order valence-electron chi connectivity index (χ3n) is 6.29. The van der Waals surface area contributed by atoms with Crippen LogP contribution in [0.5, 0.6) is 0 Å². The Kier molecular flexibility index (Phi) is 8.78. The molecule has 2 aliphatic rings. The first-order chi connectivity index (χ1) is 16.8. The van der Waals surface area contributed by atoms with Gasteiger partial charge in [-0.3, -0.25) is 9.59 Å². The molecule has 9 heteroatoms. The number of carbonyl (C=O) groups excluding carboxylic acids is 2. The van der Waals surface area contributed by atoms with Gasteiger partial charge in [0.2, 0.25) is 0 Å². The van der Waals surface area contributed by atoms with Crippen molar-refractivity contribution in [3.05, 3.63) is 80.7 Å². The second kappa shape index (κ2) is 11.8. The van der Waals surface area contributed by atoms with Crippen LogP contribution in [0.1, 0.15) is 36.4 Å². The highest BCUT2D eigenvalue weighted by atomic mass is 35.5. The topological polar surface area (TPSA) is 89.9 Å². The number of hydrogen-bond acceptors (Lipinski definition) is 5. The Labute approximate surface area is 219 Å². The van der Waals surface area contributed by atoms with Crippen LogP contribution in [0.2, 0.25) is 10.0 Å². The summed E-state index contributed by atoms with van der Waals surface area (Å²) in [7, 11) is 0. The normalized spacial score (nSPS) is 21.5. The summed E-state index contributed by atoms with van der Waals surface area (Å²) in [5.41, 5.74) is 1.99. The van der Waals surface area contributed by atoms with Gasteiger partial charge in [-0.05, 0) is 59.6 Å². The number of benzene rings is 2. The number of allylic oxidation sites excluding steroid dienone is 2. The third kappa shape index (κ3) is 6.60. The molecule has 3 N–H and O–H groups in total. The van der Waals surface area contributed by atoms with Crippen molar-refractivity contribution in [2.24, 2.45) is 0 Å². The summed E-state index contributed by atoms with van der Waals surface area (Å²) in [6.45, 7) is 0.771. The maximum Gasteiger partial charge on any atom is 0.255 e. The lowest BCUT2D eigenvalue weighted by atomic mass is 10.0. The fourth-order valence-corrected chi connectivity index (χ4v) is 6.16. The number of aliphatic hydroxyl groups is 2. The monoisotopic (exact) mass is 534 g/mol. The molecule has 6 nitrogen and oxygen atoms in total. The van der Waals surface area contributed by atoms with Crippen molar-refractivity contribution in [2.45, 2.75) is 49.2 Å². The molecule has 1 fully saturated rings. The van der Waals surface area contributed by atoms with Crippen molar-refractivity contribution < 1.29 is 19.8 Å². The van der Waals surface area contributed by atoms with E-state index in [1.54, 1.807) is 23.9 Å². The second-order valence-electron chi connectivity index (χ2n) is 8.83. The summed E-state index contributed by atoms with van der Waals surface area (Å²) in [4.78, 5) is 28.2. The van der Waals surface area contributed by atoms with E-state index in [-0.39, 0.29) is 11.3 Å². The van der Waals surface area contributed by atoms with Gasteiger partial charge in [-0.25, -0.2) is 0 Å². The van der Waals surface area contributed by atoms with Crippen LogP contribution in [0.15, 0.2) is 59.5 Å². The minimum absolute atomic E-state index is 0.124. The van der Waals surface area contributed by atoms with Crippen molar-refractivity contribution in [3.63, 3.8) is 0 Å². The summed E-state index contributed by atoms with van der Waals surface area (Å²) in [5, 5.41) is 25.0.